The third-order valence-electron chi connectivity index (χ3n) is 2.18. The van der Waals surface area contributed by atoms with E-state index in [2.05, 4.69) is 26.2 Å². The van der Waals surface area contributed by atoms with Gasteiger partial charge in [0.25, 0.3) is 0 Å². The molecule has 2 nitrogen and oxygen atoms in total. The second kappa shape index (κ2) is 5.57. The molecule has 1 unspecified atom stereocenters. The number of aromatic nitrogens is 1. The van der Waals surface area contributed by atoms with Crippen molar-refractivity contribution in [3.63, 3.8) is 0 Å². The number of nitrogens with one attached hydrogen (secondary N) is 1. The largest absolute Gasteiger partial charge is 0.362 e. The Hall–Kier alpha value is -0.290. The molecule has 0 aromatic carbocycles. The lowest BCUT2D eigenvalue weighted by Gasteiger charge is -2.13. The first kappa shape index (κ1) is 13.1. The second-order valence-electron chi connectivity index (χ2n) is 3.49. The molecule has 90 valence electrons. The minimum atomic E-state index is 0.124. The Kier molecular flexibility index (Phi) is 4.31. The topological polar surface area (TPSA) is 24.9 Å². The van der Waals surface area contributed by atoms with E-state index in [0.717, 1.165) is 13.7 Å². The summed E-state index contributed by atoms with van der Waals surface area (Å²) in [6, 6.07) is 5.82. The smallest absolute Gasteiger partial charge is 0.145 e. The molecule has 0 aliphatic rings. The summed E-state index contributed by atoms with van der Waals surface area (Å²) in [5.74, 6) is 0.673. The highest BCUT2D eigenvalue weighted by Crippen LogP contribution is 2.31. The minimum absolute atomic E-state index is 0.124. The van der Waals surface area contributed by atoms with Gasteiger partial charge in [-0.25, -0.2) is 4.98 Å². The molecule has 0 radical (unpaired) electrons. The van der Waals surface area contributed by atoms with Crippen molar-refractivity contribution in [2.45, 2.75) is 13.0 Å². The molecule has 0 bridgehead atoms. The molecule has 2 rings (SSSR count). The van der Waals surface area contributed by atoms with Gasteiger partial charge < -0.3 is 5.32 Å². The molecule has 2 heterocycles. The summed E-state index contributed by atoms with van der Waals surface area (Å²) in [6.07, 6.45) is 1.71. The molecule has 1 N–H and O–H groups in total. The normalized spacial score (nSPS) is 12.5. The van der Waals surface area contributed by atoms with Gasteiger partial charge in [-0.2, -0.15) is 0 Å². The maximum Gasteiger partial charge on any atom is 0.145 e. The highest BCUT2D eigenvalue weighted by Gasteiger charge is 2.11. The Labute approximate surface area is 122 Å². The Morgan fingerprint density at radius 3 is 2.76 bits per heavy atom. The Bertz CT molecular complexity index is 530. The number of rotatable bonds is 3. The van der Waals surface area contributed by atoms with E-state index in [1.165, 1.54) is 0 Å². The van der Waals surface area contributed by atoms with Gasteiger partial charge in [0.1, 0.15) is 5.82 Å². The fourth-order valence-electron chi connectivity index (χ4n) is 1.36. The van der Waals surface area contributed by atoms with Crippen LogP contribution in [0.4, 0.5) is 5.82 Å². The van der Waals surface area contributed by atoms with Crippen LogP contribution in [0.3, 0.4) is 0 Å². The summed E-state index contributed by atoms with van der Waals surface area (Å²) in [6.45, 7) is 2.04. The van der Waals surface area contributed by atoms with E-state index in [0.29, 0.717) is 10.8 Å². The van der Waals surface area contributed by atoms with Crippen LogP contribution in [0, 0.1) is 0 Å². The van der Waals surface area contributed by atoms with Crippen LogP contribution in [0.2, 0.25) is 9.36 Å². The molecule has 0 aliphatic heterocycles. The van der Waals surface area contributed by atoms with Gasteiger partial charge in [0.05, 0.1) is 15.4 Å². The molecule has 0 saturated carbocycles. The molecule has 1 atom stereocenters. The van der Waals surface area contributed by atoms with Crippen LogP contribution in [0.5, 0.6) is 0 Å². The van der Waals surface area contributed by atoms with Gasteiger partial charge in [-0.1, -0.05) is 23.2 Å². The number of thiophene rings is 1. The zero-order chi connectivity index (χ0) is 12.4. The van der Waals surface area contributed by atoms with Crippen LogP contribution in [0.15, 0.2) is 28.9 Å². The monoisotopic (exact) mass is 350 g/mol. The Balaban J connectivity index is 2.15. The van der Waals surface area contributed by atoms with Crippen molar-refractivity contribution >= 4 is 56.3 Å². The van der Waals surface area contributed by atoms with Gasteiger partial charge in [-0.15, -0.1) is 11.3 Å². The first-order valence-corrected chi connectivity index (χ1v) is 7.25. The molecule has 2 aromatic heterocycles. The van der Waals surface area contributed by atoms with Crippen LogP contribution >= 0.6 is 50.5 Å². The molecule has 2 aromatic rings. The fraction of sp³-hybridized carbons (Fsp3) is 0.182. The summed E-state index contributed by atoms with van der Waals surface area (Å²) >= 11 is 16.9. The zero-order valence-electron chi connectivity index (χ0n) is 8.88. The van der Waals surface area contributed by atoms with E-state index in [9.17, 15) is 0 Å². The number of hydrogen-bond acceptors (Lipinski definition) is 3. The fourth-order valence-corrected chi connectivity index (χ4v) is 3.11. The minimum Gasteiger partial charge on any atom is -0.362 e. The summed E-state index contributed by atoms with van der Waals surface area (Å²) < 4.78 is 1.64. The number of nitrogens with zero attached hydrogens (tertiary/aromatic N) is 1. The Morgan fingerprint density at radius 1 is 1.41 bits per heavy atom. The number of pyridine rings is 1. The van der Waals surface area contributed by atoms with Crippen molar-refractivity contribution in [2.24, 2.45) is 0 Å². The lowest BCUT2D eigenvalue weighted by molar-refractivity contribution is 0.896. The van der Waals surface area contributed by atoms with Crippen molar-refractivity contribution in [1.82, 2.24) is 4.98 Å². The summed E-state index contributed by atoms with van der Waals surface area (Å²) in [4.78, 5) is 5.38. The lowest BCUT2D eigenvalue weighted by Crippen LogP contribution is -2.06. The second-order valence-corrected chi connectivity index (χ2v) is 6.56. The van der Waals surface area contributed by atoms with Gasteiger partial charge in [-0.3, -0.25) is 0 Å². The van der Waals surface area contributed by atoms with E-state index in [-0.39, 0.29) is 6.04 Å². The van der Waals surface area contributed by atoms with E-state index >= 15 is 0 Å². The number of anilines is 1. The SMILES string of the molecule is CC(Nc1ncc(Br)cc1Cl)c1ccc(Cl)s1. The lowest BCUT2D eigenvalue weighted by atomic mass is 10.3. The zero-order valence-corrected chi connectivity index (χ0v) is 12.8. The molecular formula is C11H9BrCl2N2S. The van der Waals surface area contributed by atoms with Crippen molar-refractivity contribution in [2.75, 3.05) is 5.32 Å². The summed E-state index contributed by atoms with van der Waals surface area (Å²) in [7, 11) is 0. The third-order valence-corrected chi connectivity index (χ3v) is 4.32. The van der Waals surface area contributed by atoms with E-state index in [4.69, 9.17) is 23.2 Å². The molecule has 6 heteroatoms. The summed E-state index contributed by atoms with van der Waals surface area (Å²) in [5.41, 5.74) is 0. The van der Waals surface area contributed by atoms with Crippen molar-refractivity contribution < 1.29 is 0 Å². The highest BCUT2D eigenvalue weighted by molar-refractivity contribution is 9.10. The van der Waals surface area contributed by atoms with Gasteiger partial charge in [-0.05, 0) is 41.1 Å². The standard InChI is InChI=1S/C11H9BrCl2N2S/c1-6(9-2-3-10(14)17-9)16-11-8(13)4-7(12)5-15-11/h2-6H,1H3,(H,15,16). The molecule has 0 spiro atoms. The molecule has 17 heavy (non-hydrogen) atoms. The number of halogens is 3. The van der Waals surface area contributed by atoms with Crippen LogP contribution in [0.25, 0.3) is 0 Å². The van der Waals surface area contributed by atoms with Crippen molar-refractivity contribution in [3.05, 3.63) is 43.1 Å². The summed E-state index contributed by atoms with van der Waals surface area (Å²) in [5, 5.41) is 3.85. The van der Waals surface area contributed by atoms with Gasteiger partial charge in [0.2, 0.25) is 0 Å². The Morgan fingerprint density at radius 2 is 2.18 bits per heavy atom. The molecule has 0 aliphatic carbocycles. The molecule has 0 fully saturated rings. The van der Waals surface area contributed by atoms with E-state index in [1.54, 1.807) is 17.5 Å². The highest BCUT2D eigenvalue weighted by atomic mass is 79.9. The predicted molar refractivity (Wildman–Crippen MR) is 78.3 cm³/mol. The van der Waals surface area contributed by atoms with Crippen LogP contribution < -0.4 is 5.32 Å². The quantitative estimate of drug-likeness (QED) is 0.802. The maximum atomic E-state index is 6.09. The first-order valence-electron chi connectivity index (χ1n) is 4.89. The molecule has 0 saturated heterocycles. The third kappa shape index (κ3) is 3.35. The van der Waals surface area contributed by atoms with Gasteiger partial charge in [0, 0.05) is 15.5 Å². The number of hydrogen-bond donors (Lipinski definition) is 1. The van der Waals surface area contributed by atoms with Crippen molar-refractivity contribution in [1.29, 1.82) is 0 Å². The van der Waals surface area contributed by atoms with Crippen LogP contribution in [-0.2, 0) is 0 Å². The van der Waals surface area contributed by atoms with Crippen LogP contribution in [-0.4, -0.2) is 4.98 Å². The average molecular weight is 352 g/mol. The van der Waals surface area contributed by atoms with Crippen molar-refractivity contribution in [3.8, 4) is 0 Å². The van der Waals surface area contributed by atoms with Crippen LogP contribution in [0.1, 0.15) is 17.8 Å². The van der Waals surface area contributed by atoms with E-state index in [1.807, 2.05) is 25.1 Å². The van der Waals surface area contributed by atoms with Gasteiger partial charge >= 0.3 is 0 Å². The molecule has 0 amide bonds. The average Bonchev–Trinajstić information content (AvgIpc) is 2.69. The first-order chi connectivity index (χ1) is 8.06. The van der Waals surface area contributed by atoms with Gasteiger partial charge in [0.15, 0.2) is 0 Å². The predicted octanol–water partition coefficient (Wildman–Crippen LogP) is 5.39. The maximum absolute atomic E-state index is 6.09. The van der Waals surface area contributed by atoms with E-state index < -0.39 is 0 Å². The molecular weight excluding hydrogens is 343 g/mol.